The maximum Gasteiger partial charge on any atom is 0.185 e. The fourth-order valence-electron chi connectivity index (χ4n) is 5.38. The van der Waals surface area contributed by atoms with E-state index < -0.39 is 5.54 Å². The van der Waals surface area contributed by atoms with Gasteiger partial charge in [-0.25, -0.2) is 4.98 Å². The van der Waals surface area contributed by atoms with E-state index in [1.165, 1.54) is 0 Å². The summed E-state index contributed by atoms with van der Waals surface area (Å²) < 4.78 is 2.20. The molecule has 0 atom stereocenters. The van der Waals surface area contributed by atoms with Crippen LogP contribution in [0, 0.1) is 0 Å². The quantitative estimate of drug-likeness (QED) is 0.108. The van der Waals surface area contributed by atoms with Crippen LogP contribution in [0.1, 0.15) is 32.6 Å². The molecule has 6 aromatic rings. The zero-order valence-electron chi connectivity index (χ0n) is 22.3. The summed E-state index contributed by atoms with van der Waals surface area (Å²) in [5.74, 6) is -0.0850. The van der Waals surface area contributed by atoms with Crippen LogP contribution >= 0.6 is 11.6 Å². The minimum Gasteiger partial charge on any atom is -0.318 e. The van der Waals surface area contributed by atoms with Gasteiger partial charge in [-0.2, -0.15) is 0 Å². The Labute approximate surface area is 245 Å². The summed E-state index contributed by atoms with van der Waals surface area (Å²) in [6, 6.07) is 46.5. The van der Waals surface area contributed by atoms with Gasteiger partial charge in [0.15, 0.2) is 5.78 Å². The molecule has 4 heteroatoms. The Kier molecular flexibility index (Phi) is 7.44. The molecular weight excluding hydrogens is 524 g/mol. The van der Waals surface area contributed by atoms with E-state index in [9.17, 15) is 4.79 Å². The summed E-state index contributed by atoms with van der Waals surface area (Å²) in [7, 11) is 0. The van der Waals surface area contributed by atoms with Crippen LogP contribution in [-0.2, 0) is 5.54 Å². The van der Waals surface area contributed by atoms with Crippen molar-refractivity contribution in [2.24, 2.45) is 0 Å². The van der Waals surface area contributed by atoms with Crippen LogP contribution in [0.5, 0.6) is 0 Å². The van der Waals surface area contributed by atoms with E-state index in [1.54, 1.807) is 30.3 Å². The number of ketones is 1. The van der Waals surface area contributed by atoms with Crippen LogP contribution in [0.4, 0.5) is 0 Å². The number of benzene rings is 5. The molecule has 1 aromatic heterocycles. The highest BCUT2D eigenvalue weighted by atomic mass is 35.5. The predicted octanol–water partition coefficient (Wildman–Crippen LogP) is 8.94. The monoisotopic (exact) mass is 550 g/mol. The molecule has 5 aromatic carbocycles. The lowest BCUT2D eigenvalue weighted by Gasteiger charge is -2.37. The van der Waals surface area contributed by atoms with Crippen molar-refractivity contribution < 1.29 is 4.79 Å². The molecule has 0 amide bonds. The standard InChI is InChI=1S/C37H27ClN2O/c38-33-23-20-29(21-24-33)36(41)25-22-28-12-10-11-19-34(28)35-26-40(27-39-35)37(30-13-4-1-5-14-30,31-15-6-2-7-16-31)32-17-8-3-9-18-32/h1-27H/b25-22+. The van der Waals surface area contributed by atoms with Crippen LogP contribution in [0.2, 0.25) is 5.02 Å². The van der Waals surface area contributed by atoms with Gasteiger partial charge in [0.1, 0.15) is 5.54 Å². The van der Waals surface area contributed by atoms with E-state index in [4.69, 9.17) is 16.6 Å². The zero-order valence-corrected chi connectivity index (χ0v) is 23.0. The summed E-state index contributed by atoms with van der Waals surface area (Å²) >= 11 is 5.99. The van der Waals surface area contributed by atoms with E-state index >= 15 is 0 Å². The average Bonchev–Trinajstić information content (AvgIpc) is 3.53. The molecule has 0 saturated heterocycles. The number of hydrogen-bond donors (Lipinski definition) is 0. The number of imidazole rings is 1. The fourth-order valence-corrected chi connectivity index (χ4v) is 5.51. The molecular formula is C37H27ClN2O. The lowest BCUT2D eigenvalue weighted by Crippen LogP contribution is -2.36. The van der Waals surface area contributed by atoms with Crippen molar-refractivity contribution in [1.82, 2.24) is 9.55 Å². The molecule has 41 heavy (non-hydrogen) atoms. The molecule has 0 spiro atoms. The molecule has 0 aliphatic heterocycles. The summed E-state index contributed by atoms with van der Waals surface area (Å²) in [6.07, 6.45) is 7.45. The summed E-state index contributed by atoms with van der Waals surface area (Å²) in [5.41, 5.74) is 5.99. The minimum absolute atomic E-state index is 0.0850. The number of carbonyl (C=O) groups excluding carboxylic acids is 1. The van der Waals surface area contributed by atoms with E-state index in [1.807, 2.05) is 54.9 Å². The third kappa shape index (κ3) is 5.16. The second-order valence-electron chi connectivity index (χ2n) is 9.77. The SMILES string of the molecule is O=C(/C=C/c1ccccc1-c1cn(C(c2ccccc2)(c2ccccc2)c2ccccc2)cn1)c1ccc(Cl)cc1. The fraction of sp³-hybridized carbons (Fsp3) is 0.0270. The van der Waals surface area contributed by atoms with Gasteiger partial charge >= 0.3 is 0 Å². The van der Waals surface area contributed by atoms with Crippen LogP contribution in [-0.4, -0.2) is 15.3 Å². The average molecular weight is 551 g/mol. The largest absolute Gasteiger partial charge is 0.318 e. The number of halogens is 1. The maximum atomic E-state index is 12.8. The van der Waals surface area contributed by atoms with Crippen molar-refractivity contribution in [2.45, 2.75) is 5.54 Å². The molecule has 6 rings (SSSR count). The highest BCUT2D eigenvalue weighted by Gasteiger charge is 2.38. The van der Waals surface area contributed by atoms with E-state index in [0.717, 1.165) is 33.5 Å². The molecule has 0 saturated carbocycles. The highest BCUT2D eigenvalue weighted by molar-refractivity contribution is 6.30. The first-order chi connectivity index (χ1) is 20.2. The Morgan fingerprint density at radius 3 is 1.73 bits per heavy atom. The molecule has 0 bridgehead atoms. The molecule has 198 valence electrons. The maximum absolute atomic E-state index is 12.8. The van der Waals surface area contributed by atoms with Crippen molar-refractivity contribution in [3.63, 3.8) is 0 Å². The number of nitrogens with zero attached hydrogens (tertiary/aromatic N) is 2. The van der Waals surface area contributed by atoms with Crippen molar-refractivity contribution in [3.8, 4) is 11.3 Å². The molecule has 0 aliphatic rings. The van der Waals surface area contributed by atoms with Gasteiger partial charge in [-0.3, -0.25) is 4.79 Å². The van der Waals surface area contributed by atoms with E-state index in [0.29, 0.717) is 10.6 Å². The van der Waals surface area contributed by atoms with Crippen molar-refractivity contribution >= 4 is 23.5 Å². The lowest BCUT2D eigenvalue weighted by atomic mass is 9.77. The molecule has 0 N–H and O–H groups in total. The number of hydrogen-bond acceptors (Lipinski definition) is 2. The van der Waals surface area contributed by atoms with Crippen LogP contribution in [0.25, 0.3) is 17.3 Å². The molecule has 1 heterocycles. The Morgan fingerprint density at radius 2 is 1.17 bits per heavy atom. The number of aromatic nitrogens is 2. The van der Waals surface area contributed by atoms with Gasteiger partial charge in [-0.15, -0.1) is 0 Å². The Bertz CT molecular complexity index is 1690. The zero-order chi connectivity index (χ0) is 28.1. The van der Waals surface area contributed by atoms with E-state index in [2.05, 4.69) is 83.6 Å². The van der Waals surface area contributed by atoms with Crippen molar-refractivity contribution in [3.05, 3.63) is 191 Å². The molecule has 0 radical (unpaired) electrons. The summed E-state index contributed by atoms with van der Waals surface area (Å²) in [4.78, 5) is 17.7. The topological polar surface area (TPSA) is 34.9 Å². The van der Waals surface area contributed by atoms with Gasteiger partial charge in [0.2, 0.25) is 0 Å². The van der Waals surface area contributed by atoms with Crippen molar-refractivity contribution in [2.75, 3.05) is 0 Å². The molecule has 0 unspecified atom stereocenters. The normalized spacial score (nSPS) is 11.5. The first kappa shape index (κ1) is 26.2. The van der Waals surface area contributed by atoms with Gasteiger partial charge in [-0.1, -0.05) is 133 Å². The first-order valence-corrected chi connectivity index (χ1v) is 13.8. The number of allylic oxidation sites excluding steroid dienone is 1. The van der Waals surface area contributed by atoms with E-state index in [-0.39, 0.29) is 5.78 Å². The minimum atomic E-state index is -0.648. The Balaban J connectivity index is 1.47. The second kappa shape index (κ2) is 11.6. The smallest absolute Gasteiger partial charge is 0.185 e. The van der Waals surface area contributed by atoms with Crippen LogP contribution < -0.4 is 0 Å². The number of rotatable bonds is 8. The molecule has 3 nitrogen and oxygen atoms in total. The van der Waals surface area contributed by atoms with Gasteiger partial charge in [0.25, 0.3) is 0 Å². The molecule has 0 fully saturated rings. The van der Waals surface area contributed by atoms with Gasteiger partial charge in [0.05, 0.1) is 12.0 Å². The third-order valence-corrected chi connectivity index (χ3v) is 7.58. The Hall–Kier alpha value is -4.99. The summed E-state index contributed by atoms with van der Waals surface area (Å²) in [6.45, 7) is 0. The highest BCUT2D eigenvalue weighted by Crippen LogP contribution is 2.41. The predicted molar refractivity (Wildman–Crippen MR) is 167 cm³/mol. The lowest BCUT2D eigenvalue weighted by molar-refractivity contribution is 0.104. The molecule has 0 aliphatic carbocycles. The number of carbonyl (C=O) groups is 1. The van der Waals surface area contributed by atoms with Crippen molar-refractivity contribution in [1.29, 1.82) is 0 Å². The first-order valence-electron chi connectivity index (χ1n) is 13.4. The summed E-state index contributed by atoms with van der Waals surface area (Å²) in [5, 5.41) is 0.601. The van der Waals surface area contributed by atoms with Crippen LogP contribution in [0.3, 0.4) is 0 Å². The Morgan fingerprint density at radius 1 is 0.659 bits per heavy atom. The third-order valence-electron chi connectivity index (χ3n) is 7.32. The van der Waals surface area contributed by atoms with Gasteiger partial charge < -0.3 is 4.57 Å². The van der Waals surface area contributed by atoms with Crippen LogP contribution in [0.15, 0.2) is 158 Å². The van der Waals surface area contributed by atoms with Gasteiger partial charge in [0, 0.05) is 22.3 Å². The second-order valence-corrected chi connectivity index (χ2v) is 10.2. The van der Waals surface area contributed by atoms with Gasteiger partial charge in [-0.05, 0) is 52.6 Å².